The Morgan fingerprint density at radius 3 is 2.45 bits per heavy atom. The number of aromatic hydroxyl groups is 1. The monoisotopic (exact) mass is 290 g/mol. The minimum Gasteiger partial charge on any atom is -0.506 e. The lowest BCUT2D eigenvalue weighted by molar-refractivity contribution is 0.480. The molecule has 3 aromatic rings. The molecule has 1 heterocycles. The normalized spacial score (nSPS) is 11.4. The van der Waals surface area contributed by atoms with Gasteiger partial charge in [-0.05, 0) is 44.0 Å². The number of phenols is 1. The topological polar surface area (TPSA) is 45.5 Å². The van der Waals surface area contributed by atoms with E-state index in [1.807, 2.05) is 24.3 Å². The summed E-state index contributed by atoms with van der Waals surface area (Å²) in [5.41, 5.74) is 5.85. The number of hydrogen-bond acceptors (Lipinski definition) is 3. The number of nitrogens with zero attached hydrogens (tertiary/aromatic N) is 2. The van der Waals surface area contributed by atoms with E-state index in [9.17, 15) is 5.11 Å². The minimum atomic E-state index is 0.190. The van der Waals surface area contributed by atoms with Crippen molar-refractivity contribution < 1.29 is 5.11 Å². The zero-order chi connectivity index (χ0) is 15.7. The second-order valence-electron chi connectivity index (χ2n) is 5.59. The van der Waals surface area contributed by atoms with Gasteiger partial charge in [0, 0.05) is 5.39 Å². The lowest BCUT2D eigenvalue weighted by Gasteiger charge is -2.06. The van der Waals surface area contributed by atoms with Crippen LogP contribution in [0.2, 0.25) is 0 Å². The van der Waals surface area contributed by atoms with Gasteiger partial charge in [0.15, 0.2) is 0 Å². The zero-order valence-electron chi connectivity index (χ0n) is 13.0. The summed E-state index contributed by atoms with van der Waals surface area (Å²) in [7, 11) is 0. The van der Waals surface area contributed by atoms with E-state index >= 15 is 0 Å². The van der Waals surface area contributed by atoms with E-state index < -0.39 is 0 Å². The van der Waals surface area contributed by atoms with Crippen LogP contribution in [0.15, 0.2) is 47.5 Å². The second-order valence-corrected chi connectivity index (χ2v) is 5.59. The second kappa shape index (κ2) is 5.60. The summed E-state index contributed by atoms with van der Waals surface area (Å²) in [4.78, 5) is 9.05. The van der Waals surface area contributed by atoms with E-state index in [0.717, 1.165) is 27.9 Å². The molecule has 0 radical (unpaired) electrons. The van der Waals surface area contributed by atoms with Crippen molar-refractivity contribution in [3.05, 3.63) is 64.8 Å². The summed E-state index contributed by atoms with van der Waals surface area (Å²) in [6.45, 7) is 6.21. The predicted molar refractivity (Wildman–Crippen MR) is 91.3 cm³/mol. The molecule has 2 aromatic carbocycles. The van der Waals surface area contributed by atoms with Gasteiger partial charge in [0.05, 0.1) is 17.6 Å². The summed E-state index contributed by atoms with van der Waals surface area (Å²) >= 11 is 0. The molecular weight excluding hydrogens is 272 g/mol. The van der Waals surface area contributed by atoms with Gasteiger partial charge in [-0.1, -0.05) is 35.9 Å². The summed E-state index contributed by atoms with van der Waals surface area (Å²) < 4.78 is 0. The SMILES string of the molecule is Cc1cc(C)c(N=Cc2ccc3cccc(O)c3n2)c(C)c1. The lowest BCUT2D eigenvalue weighted by atomic mass is 10.1. The van der Waals surface area contributed by atoms with Crippen molar-refractivity contribution in [1.29, 1.82) is 0 Å². The van der Waals surface area contributed by atoms with Crippen LogP contribution < -0.4 is 0 Å². The number of benzene rings is 2. The van der Waals surface area contributed by atoms with Crippen LogP contribution in [-0.2, 0) is 0 Å². The first kappa shape index (κ1) is 14.3. The Labute approximate surface area is 130 Å². The number of aliphatic imine (C=N–C) groups is 1. The van der Waals surface area contributed by atoms with Crippen molar-refractivity contribution in [1.82, 2.24) is 4.98 Å². The van der Waals surface area contributed by atoms with E-state index in [2.05, 4.69) is 42.9 Å². The van der Waals surface area contributed by atoms with Crippen LogP contribution in [0.3, 0.4) is 0 Å². The van der Waals surface area contributed by atoms with Crippen LogP contribution in [0.25, 0.3) is 10.9 Å². The number of pyridine rings is 1. The average Bonchev–Trinajstić information content (AvgIpc) is 2.47. The molecule has 0 aliphatic rings. The molecule has 0 saturated carbocycles. The number of aryl methyl sites for hydroxylation is 3. The molecule has 22 heavy (non-hydrogen) atoms. The Balaban J connectivity index is 2.01. The fourth-order valence-corrected chi connectivity index (χ4v) is 2.73. The highest BCUT2D eigenvalue weighted by Gasteiger charge is 2.03. The van der Waals surface area contributed by atoms with Crippen LogP contribution in [-0.4, -0.2) is 16.3 Å². The number of rotatable bonds is 2. The zero-order valence-corrected chi connectivity index (χ0v) is 13.0. The molecule has 0 atom stereocenters. The Kier molecular flexibility index (Phi) is 3.63. The molecular formula is C19H18N2O. The highest BCUT2D eigenvalue weighted by Crippen LogP contribution is 2.25. The number of aromatic nitrogens is 1. The third-order valence-electron chi connectivity index (χ3n) is 3.68. The predicted octanol–water partition coefficient (Wildman–Crippen LogP) is 4.62. The quantitative estimate of drug-likeness (QED) is 0.700. The summed E-state index contributed by atoms with van der Waals surface area (Å²) in [5.74, 6) is 0.190. The first-order valence-electron chi connectivity index (χ1n) is 7.25. The van der Waals surface area contributed by atoms with E-state index in [0.29, 0.717) is 5.52 Å². The van der Waals surface area contributed by atoms with Gasteiger partial charge in [0.1, 0.15) is 11.3 Å². The Morgan fingerprint density at radius 1 is 1.00 bits per heavy atom. The third-order valence-corrected chi connectivity index (χ3v) is 3.68. The van der Waals surface area contributed by atoms with E-state index in [4.69, 9.17) is 0 Å². The molecule has 1 N–H and O–H groups in total. The fourth-order valence-electron chi connectivity index (χ4n) is 2.73. The van der Waals surface area contributed by atoms with Crippen LogP contribution in [0.4, 0.5) is 5.69 Å². The van der Waals surface area contributed by atoms with Crippen molar-refractivity contribution >= 4 is 22.8 Å². The van der Waals surface area contributed by atoms with E-state index in [1.165, 1.54) is 5.56 Å². The molecule has 3 nitrogen and oxygen atoms in total. The van der Waals surface area contributed by atoms with Crippen LogP contribution in [0.1, 0.15) is 22.4 Å². The molecule has 0 bridgehead atoms. The Bertz CT molecular complexity index is 859. The van der Waals surface area contributed by atoms with Crippen LogP contribution >= 0.6 is 0 Å². The van der Waals surface area contributed by atoms with Gasteiger partial charge >= 0.3 is 0 Å². The minimum absolute atomic E-state index is 0.190. The average molecular weight is 290 g/mol. The van der Waals surface area contributed by atoms with Gasteiger partial charge in [-0.25, -0.2) is 4.98 Å². The molecule has 1 aromatic heterocycles. The number of para-hydroxylation sites is 1. The summed E-state index contributed by atoms with van der Waals surface area (Å²) in [5, 5.41) is 10.8. The van der Waals surface area contributed by atoms with Crippen LogP contribution in [0.5, 0.6) is 5.75 Å². The maximum atomic E-state index is 9.89. The molecule has 0 amide bonds. The van der Waals surface area contributed by atoms with Gasteiger partial charge in [0.2, 0.25) is 0 Å². The number of hydrogen-bond donors (Lipinski definition) is 1. The highest BCUT2D eigenvalue weighted by molar-refractivity contribution is 5.89. The van der Waals surface area contributed by atoms with Gasteiger partial charge in [-0.15, -0.1) is 0 Å². The summed E-state index contributed by atoms with van der Waals surface area (Å²) in [6.07, 6.45) is 1.75. The van der Waals surface area contributed by atoms with Gasteiger partial charge < -0.3 is 5.11 Å². The van der Waals surface area contributed by atoms with Gasteiger partial charge in [-0.2, -0.15) is 0 Å². The summed E-state index contributed by atoms with van der Waals surface area (Å²) in [6, 6.07) is 13.5. The molecule has 0 fully saturated rings. The van der Waals surface area contributed by atoms with Gasteiger partial charge in [-0.3, -0.25) is 4.99 Å². The maximum absolute atomic E-state index is 9.89. The van der Waals surface area contributed by atoms with Crippen molar-refractivity contribution in [2.45, 2.75) is 20.8 Å². The Morgan fingerprint density at radius 2 is 1.73 bits per heavy atom. The van der Waals surface area contributed by atoms with Crippen molar-refractivity contribution in [2.24, 2.45) is 4.99 Å². The highest BCUT2D eigenvalue weighted by atomic mass is 16.3. The number of phenolic OH excluding ortho intramolecular Hbond substituents is 1. The maximum Gasteiger partial charge on any atom is 0.141 e. The smallest absolute Gasteiger partial charge is 0.141 e. The molecule has 3 rings (SSSR count). The number of fused-ring (bicyclic) bond motifs is 1. The standard InChI is InChI=1S/C19H18N2O/c1-12-9-13(2)18(14(3)10-12)20-11-16-8-7-15-5-4-6-17(22)19(15)21-16/h4-11,22H,1-3H3. The first-order chi connectivity index (χ1) is 10.5. The molecule has 0 unspecified atom stereocenters. The molecule has 0 aliphatic heterocycles. The first-order valence-corrected chi connectivity index (χ1v) is 7.25. The van der Waals surface area contributed by atoms with Gasteiger partial charge in [0.25, 0.3) is 0 Å². The van der Waals surface area contributed by atoms with Crippen molar-refractivity contribution in [3.63, 3.8) is 0 Å². The largest absolute Gasteiger partial charge is 0.506 e. The Hall–Kier alpha value is -2.68. The molecule has 0 aliphatic carbocycles. The lowest BCUT2D eigenvalue weighted by Crippen LogP contribution is -1.90. The van der Waals surface area contributed by atoms with Crippen LogP contribution in [0, 0.1) is 20.8 Å². The molecule has 0 saturated heterocycles. The van der Waals surface area contributed by atoms with Crippen molar-refractivity contribution in [3.8, 4) is 5.75 Å². The third kappa shape index (κ3) is 2.70. The molecule has 3 heteroatoms. The fraction of sp³-hybridized carbons (Fsp3) is 0.158. The molecule has 0 spiro atoms. The van der Waals surface area contributed by atoms with Crippen molar-refractivity contribution in [2.75, 3.05) is 0 Å². The molecule has 110 valence electrons. The van der Waals surface area contributed by atoms with E-state index in [1.54, 1.807) is 12.3 Å². The van der Waals surface area contributed by atoms with E-state index in [-0.39, 0.29) is 5.75 Å².